The summed E-state index contributed by atoms with van der Waals surface area (Å²) in [5, 5.41) is 3.66. The van der Waals surface area contributed by atoms with Crippen LogP contribution in [0.15, 0.2) is 0 Å². The molecule has 0 bridgehead atoms. The Morgan fingerprint density at radius 2 is 2.13 bits per heavy atom. The van der Waals surface area contributed by atoms with E-state index < -0.39 is 0 Å². The fourth-order valence-corrected chi connectivity index (χ4v) is 2.32. The standard InChI is InChI=1S/C13H27NO/c1-5-8-13(3,9-11(2)15-4)10-14-12-6-7-12/h11-12,14H,5-10H2,1-4H3. The van der Waals surface area contributed by atoms with E-state index in [1.807, 2.05) is 7.11 Å². The lowest BCUT2D eigenvalue weighted by Crippen LogP contribution is -2.35. The van der Waals surface area contributed by atoms with Crippen LogP contribution in [0.5, 0.6) is 0 Å². The summed E-state index contributed by atoms with van der Waals surface area (Å²) in [4.78, 5) is 0. The first kappa shape index (κ1) is 13.0. The van der Waals surface area contributed by atoms with Crippen molar-refractivity contribution in [1.82, 2.24) is 5.32 Å². The molecule has 0 aromatic rings. The van der Waals surface area contributed by atoms with Gasteiger partial charge in [-0.3, -0.25) is 0 Å². The number of methoxy groups -OCH3 is 1. The van der Waals surface area contributed by atoms with Crippen LogP contribution in [0.3, 0.4) is 0 Å². The maximum Gasteiger partial charge on any atom is 0.0548 e. The summed E-state index contributed by atoms with van der Waals surface area (Å²) < 4.78 is 5.39. The topological polar surface area (TPSA) is 21.3 Å². The number of ether oxygens (including phenoxy) is 1. The molecule has 90 valence electrons. The molecule has 0 amide bonds. The van der Waals surface area contributed by atoms with E-state index in [2.05, 4.69) is 26.1 Å². The molecule has 2 heteroatoms. The molecule has 2 nitrogen and oxygen atoms in total. The first-order chi connectivity index (χ1) is 7.09. The molecule has 0 spiro atoms. The van der Waals surface area contributed by atoms with Crippen molar-refractivity contribution in [3.8, 4) is 0 Å². The first-order valence-electron chi connectivity index (χ1n) is 6.36. The Labute approximate surface area is 94.8 Å². The number of hydrogen-bond donors (Lipinski definition) is 1. The summed E-state index contributed by atoms with van der Waals surface area (Å²) in [6.07, 6.45) is 6.85. The maximum atomic E-state index is 5.39. The van der Waals surface area contributed by atoms with Crippen molar-refractivity contribution in [1.29, 1.82) is 0 Å². The van der Waals surface area contributed by atoms with Crippen molar-refractivity contribution in [3.63, 3.8) is 0 Å². The molecule has 0 aromatic heterocycles. The van der Waals surface area contributed by atoms with Crippen molar-refractivity contribution in [3.05, 3.63) is 0 Å². The summed E-state index contributed by atoms with van der Waals surface area (Å²) in [5.41, 5.74) is 0.409. The lowest BCUT2D eigenvalue weighted by atomic mass is 9.80. The second-order valence-electron chi connectivity index (χ2n) is 5.47. The molecule has 2 atom stereocenters. The molecule has 0 saturated heterocycles. The molecule has 0 radical (unpaired) electrons. The van der Waals surface area contributed by atoms with Gasteiger partial charge in [0.1, 0.15) is 0 Å². The highest BCUT2D eigenvalue weighted by Crippen LogP contribution is 2.30. The molecular formula is C13H27NO. The van der Waals surface area contributed by atoms with E-state index in [1.165, 1.54) is 25.7 Å². The molecule has 0 aromatic carbocycles. The van der Waals surface area contributed by atoms with Crippen LogP contribution in [-0.2, 0) is 4.74 Å². The quantitative estimate of drug-likeness (QED) is 0.669. The van der Waals surface area contributed by atoms with Crippen molar-refractivity contribution in [2.24, 2.45) is 5.41 Å². The predicted octanol–water partition coefficient (Wildman–Crippen LogP) is 2.97. The van der Waals surface area contributed by atoms with E-state index in [0.717, 1.165) is 19.0 Å². The molecule has 1 aliphatic rings. The average molecular weight is 213 g/mol. The van der Waals surface area contributed by atoms with E-state index in [-0.39, 0.29) is 0 Å². The van der Waals surface area contributed by atoms with Crippen LogP contribution in [0.25, 0.3) is 0 Å². The Balaban J connectivity index is 2.35. The van der Waals surface area contributed by atoms with E-state index in [1.54, 1.807) is 0 Å². The SMILES string of the molecule is CCCC(C)(CNC1CC1)CC(C)OC. The first-order valence-corrected chi connectivity index (χ1v) is 6.36. The van der Waals surface area contributed by atoms with Gasteiger partial charge in [0.15, 0.2) is 0 Å². The van der Waals surface area contributed by atoms with Crippen LogP contribution in [0, 0.1) is 5.41 Å². The molecule has 1 fully saturated rings. The van der Waals surface area contributed by atoms with Crippen LogP contribution in [-0.4, -0.2) is 25.8 Å². The van der Waals surface area contributed by atoms with Crippen LogP contribution in [0.2, 0.25) is 0 Å². The van der Waals surface area contributed by atoms with Gasteiger partial charge in [-0.05, 0) is 38.0 Å². The minimum Gasteiger partial charge on any atom is -0.382 e. The van der Waals surface area contributed by atoms with Gasteiger partial charge in [-0.15, -0.1) is 0 Å². The van der Waals surface area contributed by atoms with Gasteiger partial charge >= 0.3 is 0 Å². The number of hydrogen-bond acceptors (Lipinski definition) is 2. The molecule has 1 saturated carbocycles. The van der Waals surface area contributed by atoms with E-state index >= 15 is 0 Å². The largest absolute Gasteiger partial charge is 0.382 e. The van der Waals surface area contributed by atoms with Crippen molar-refractivity contribution in [2.45, 2.75) is 65.0 Å². The highest BCUT2D eigenvalue weighted by molar-refractivity contribution is 4.86. The van der Waals surface area contributed by atoms with Crippen molar-refractivity contribution in [2.75, 3.05) is 13.7 Å². The van der Waals surface area contributed by atoms with Gasteiger partial charge in [0.05, 0.1) is 6.10 Å². The molecular weight excluding hydrogens is 186 g/mol. The monoisotopic (exact) mass is 213 g/mol. The van der Waals surface area contributed by atoms with Crippen molar-refractivity contribution >= 4 is 0 Å². The lowest BCUT2D eigenvalue weighted by molar-refractivity contribution is 0.0656. The fourth-order valence-electron chi connectivity index (χ4n) is 2.32. The molecule has 1 rings (SSSR count). The number of rotatable bonds is 8. The van der Waals surface area contributed by atoms with Crippen LogP contribution in [0.1, 0.15) is 52.9 Å². The van der Waals surface area contributed by atoms with Gasteiger partial charge in [0, 0.05) is 19.7 Å². The third-order valence-corrected chi connectivity index (χ3v) is 3.43. The number of nitrogens with one attached hydrogen (secondary N) is 1. The summed E-state index contributed by atoms with van der Waals surface area (Å²) >= 11 is 0. The van der Waals surface area contributed by atoms with E-state index in [9.17, 15) is 0 Å². The molecule has 2 unspecified atom stereocenters. The van der Waals surface area contributed by atoms with Gasteiger partial charge in [0.2, 0.25) is 0 Å². The van der Waals surface area contributed by atoms with Gasteiger partial charge < -0.3 is 10.1 Å². The van der Waals surface area contributed by atoms with Crippen LogP contribution < -0.4 is 5.32 Å². The van der Waals surface area contributed by atoms with Crippen molar-refractivity contribution < 1.29 is 4.74 Å². The zero-order valence-electron chi connectivity index (χ0n) is 10.8. The summed E-state index contributed by atoms with van der Waals surface area (Å²) in [7, 11) is 1.81. The van der Waals surface area contributed by atoms with Gasteiger partial charge in [0.25, 0.3) is 0 Å². The molecule has 0 heterocycles. The third kappa shape index (κ3) is 4.98. The Morgan fingerprint density at radius 3 is 2.60 bits per heavy atom. The highest BCUT2D eigenvalue weighted by atomic mass is 16.5. The van der Waals surface area contributed by atoms with E-state index in [0.29, 0.717) is 11.5 Å². The minimum atomic E-state index is 0.377. The maximum absolute atomic E-state index is 5.39. The predicted molar refractivity (Wildman–Crippen MR) is 65.1 cm³/mol. The Kier molecular flexibility index (Phi) is 5.07. The normalized spacial score (nSPS) is 22.4. The molecule has 1 N–H and O–H groups in total. The van der Waals surface area contributed by atoms with Gasteiger partial charge in [-0.1, -0.05) is 20.3 Å². The van der Waals surface area contributed by atoms with Crippen LogP contribution in [0.4, 0.5) is 0 Å². The zero-order chi connectivity index (χ0) is 11.3. The van der Waals surface area contributed by atoms with Gasteiger partial charge in [-0.2, -0.15) is 0 Å². The van der Waals surface area contributed by atoms with Crippen LogP contribution >= 0.6 is 0 Å². The average Bonchev–Trinajstić information content (AvgIpc) is 2.98. The fraction of sp³-hybridized carbons (Fsp3) is 1.00. The summed E-state index contributed by atoms with van der Waals surface area (Å²) in [5.74, 6) is 0. The summed E-state index contributed by atoms with van der Waals surface area (Å²) in [6.45, 7) is 7.98. The molecule has 1 aliphatic carbocycles. The minimum absolute atomic E-state index is 0.377. The second-order valence-corrected chi connectivity index (χ2v) is 5.47. The molecule has 0 aliphatic heterocycles. The summed E-state index contributed by atoms with van der Waals surface area (Å²) in [6, 6.07) is 0.819. The molecule has 15 heavy (non-hydrogen) atoms. The second kappa shape index (κ2) is 5.86. The Bertz CT molecular complexity index is 179. The third-order valence-electron chi connectivity index (χ3n) is 3.43. The highest BCUT2D eigenvalue weighted by Gasteiger charge is 2.29. The van der Waals surface area contributed by atoms with Gasteiger partial charge in [-0.25, -0.2) is 0 Å². The lowest BCUT2D eigenvalue weighted by Gasteiger charge is -2.32. The smallest absolute Gasteiger partial charge is 0.0548 e. The Hall–Kier alpha value is -0.0800. The van der Waals surface area contributed by atoms with E-state index in [4.69, 9.17) is 4.74 Å². The zero-order valence-corrected chi connectivity index (χ0v) is 10.8. The Morgan fingerprint density at radius 1 is 1.47 bits per heavy atom.